The number of benzene rings is 1. The summed E-state index contributed by atoms with van der Waals surface area (Å²) in [5.74, 6) is -1.84. The largest absolute Gasteiger partial charge is 0.394 e. The Hall–Kier alpha value is -2.29. The molecule has 1 spiro atoms. The zero-order valence-corrected chi connectivity index (χ0v) is 24.2. The molecule has 1 aromatic carbocycles. The molecule has 206 valence electrons. The van der Waals surface area contributed by atoms with E-state index in [1.54, 1.807) is 69.9 Å². The summed E-state index contributed by atoms with van der Waals surface area (Å²) in [7, 11) is 1.73. The Morgan fingerprint density at radius 1 is 1.18 bits per heavy atom. The van der Waals surface area contributed by atoms with Crippen molar-refractivity contribution in [1.82, 2.24) is 9.80 Å². The number of thioether (sulfide) groups is 1. The van der Waals surface area contributed by atoms with Gasteiger partial charge in [0.25, 0.3) is 5.91 Å². The summed E-state index contributed by atoms with van der Waals surface area (Å²) in [4.78, 5) is 47.7. The van der Waals surface area contributed by atoms with Crippen LogP contribution in [0.1, 0.15) is 33.6 Å². The molecule has 3 saturated heterocycles. The van der Waals surface area contributed by atoms with Crippen LogP contribution in [-0.4, -0.2) is 80.9 Å². The van der Waals surface area contributed by atoms with Crippen molar-refractivity contribution < 1.29 is 19.5 Å². The van der Waals surface area contributed by atoms with Crippen molar-refractivity contribution >= 4 is 46.8 Å². The van der Waals surface area contributed by atoms with E-state index in [0.29, 0.717) is 23.7 Å². The van der Waals surface area contributed by atoms with Crippen molar-refractivity contribution in [3.63, 3.8) is 0 Å². The quantitative estimate of drug-likeness (QED) is 0.438. The van der Waals surface area contributed by atoms with Crippen LogP contribution in [-0.2, 0) is 14.4 Å². The molecule has 0 radical (unpaired) electrons. The van der Waals surface area contributed by atoms with Gasteiger partial charge in [0.1, 0.15) is 6.04 Å². The van der Waals surface area contributed by atoms with E-state index in [-0.39, 0.29) is 36.8 Å². The normalized spacial score (nSPS) is 30.3. The molecule has 3 aliphatic rings. The number of aliphatic hydroxyl groups excluding tert-OH is 1. The fourth-order valence-corrected chi connectivity index (χ4v) is 9.19. The van der Waals surface area contributed by atoms with E-state index < -0.39 is 33.4 Å². The number of rotatable bonds is 10. The van der Waals surface area contributed by atoms with Crippen molar-refractivity contribution in [2.24, 2.45) is 17.8 Å². The fraction of sp³-hybridized carbons (Fsp3) is 0.552. The first-order valence-corrected chi connectivity index (χ1v) is 14.3. The second kappa shape index (κ2) is 10.7. The minimum Gasteiger partial charge on any atom is -0.394 e. The molecular formula is C29H38ClN3O4S. The SMILES string of the molecule is C=CCN(C)C(=O)[C@@H]1[C@H]2C(=O)N([C@@H](CO)C(C)C)C(C(=O)N(CC=C)c3ccc(Cl)cc3)C23CC[C@@]1(C)S3. The highest BCUT2D eigenvalue weighted by molar-refractivity contribution is 8.02. The van der Waals surface area contributed by atoms with E-state index in [9.17, 15) is 19.5 Å². The summed E-state index contributed by atoms with van der Waals surface area (Å²) >= 11 is 7.75. The molecule has 9 heteroatoms. The molecule has 3 heterocycles. The summed E-state index contributed by atoms with van der Waals surface area (Å²) in [6.07, 6.45) is 4.70. The van der Waals surface area contributed by atoms with Gasteiger partial charge in [-0.15, -0.1) is 24.9 Å². The Labute approximate surface area is 234 Å². The molecule has 1 N–H and O–H groups in total. The molecule has 0 saturated carbocycles. The second-order valence-electron chi connectivity index (χ2n) is 11.2. The number of amides is 3. The number of nitrogens with zero attached hydrogens (tertiary/aromatic N) is 3. The highest BCUT2D eigenvalue weighted by Gasteiger charge is 2.78. The van der Waals surface area contributed by atoms with Crippen LogP contribution in [0.4, 0.5) is 5.69 Å². The summed E-state index contributed by atoms with van der Waals surface area (Å²) < 4.78 is -1.24. The zero-order chi connectivity index (χ0) is 28.0. The molecule has 2 bridgehead atoms. The van der Waals surface area contributed by atoms with E-state index >= 15 is 0 Å². The smallest absolute Gasteiger partial charge is 0.251 e. The zero-order valence-electron chi connectivity index (χ0n) is 22.6. The Balaban J connectivity index is 1.86. The van der Waals surface area contributed by atoms with Gasteiger partial charge in [0.15, 0.2) is 0 Å². The number of carbonyl (C=O) groups excluding carboxylic acids is 3. The van der Waals surface area contributed by atoms with Crippen molar-refractivity contribution in [3.8, 4) is 0 Å². The molecular weight excluding hydrogens is 522 g/mol. The number of fused-ring (bicyclic) bond motifs is 1. The highest BCUT2D eigenvalue weighted by Crippen LogP contribution is 2.72. The minimum absolute atomic E-state index is 0.0896. The monoisotopic (exact) mass is 559 g/mol. The molecule has 0 aromatic heterocycles. The Morgan fingerprint density at radius 3 is 2.37 bits per heavy atom. The number of hydrogen-bond acceptors (Lipinski definition) is 5. The van der Waals surface area contributed by atoms with Crippen LogP contribution in [0, 0.1) is 17.8 Å². The third-order valence-corrected chi connectivity index (χ3v) is 10.8. The average Bonchev–Trinajstić information content (AvgIpc) is 3.44. The van der Waals surface area contributed by atoms with Gasteiger partial charge in [0, 0.05) is 35.6 Å². The van der Waals surface area contributed by atoms with Crippen molar-refractivity contribution in [2.45, 2.75) is 55.2 Å². The van der Waals surface area contributed by atoms with Crippen LogP contribution >= 0.6 is 23.4 Å². The Morgan fingerprint density at radius 2 is 1.82 bits per heavy atom. The first-order valence-electron chi connectivity index (χ1n) is 13.1. The van der Waals surface area contributed by atoms with E-state index in [2.05, 4.69) is 20.1 Å². The van der Waals surface area contributed by atoms with Crippen molar-refractivity contribution in [3.05, 3.63) is 54.6 Å². The Bertz CT molecular complexity index is 1130. The van der Waals surface area contributed by atoms with Crippen LogP contribution < -0.4 is 4.90 Å². The summed E-state index contributed by atoms with van der Waals surface area (Å²) in [6, 6.07) is 5.63. The number of carbonyl (C=O) groups is 3. The summed E-state index contributed by atoms with van der Waals surface area (Å²) in [5, 5.41) is 11.0. The van der Waals surface area contributed by atoms with Gasteiger partial charge in [-0.2, -0.15) is 0 Å². The van der Waals surface area contributed by atoms with Gasteiger partial charge in [-0.05, 0) is 49.9 Å². The third-order valence-electron chi connectivity index (χ3n) is 8.52. The maximum Gasteiger partial charge on any atom is 0.251 e. The van der Waals surface area contributed by atoms with Gasteiger partial charge < -0.3 is 19.8 Å². The molecule has 38 heavy (non-hydrogen) atoms. The van der Waals surface area contributed by atoms with Crippen LogP contribution in [0.15, 0.2) is 49.6 Å². The van der Waals surface area contributed by atoms with Gasteiger partial charge in [-0.1, -0.05) is 37.6 Å². The lowest BCUT2D eigenvalue weighted by molar-refractivity contribution is -0.146. The maximum absolute atomic E-state index is 14.6. The fourth-order valence-electron chi connectivity index (χ4n) is 6.74. The van der Waals surface area contributed by atoms with E-state index in [1.165, 1.54) is 0 Å². The lowest BCUT2D eigenvalue weighted by Gasteiger charge is -2.40. The predicted octanol–water partition coefficient (Wildman–Crippen LogP) is 4.00. The third kappa shape index (κ3) is 4.38. The molecule has 3 amide bonds. The van der Waals surface area contributed by atoms with Gasteiger partial charge in [-0.3, -0.25) is 14.4 Å². The first-order chi connectivity index (χ1) is 18.0. The topological polar surface area (TPSA) is 81.2 Å². The van der Waals surface area contributed by atoms with Crippen LogP contribution in [0.25, 0.3) is 0 Å². The van der Waals surface area contributed by atoms with Crippen molar-refractivity contribution in [2.75, 3.05) is 31.6 Å². The van der Waals surface area contributed by atoms with Crippen LogP contribution in [0.3, 0.4) is 0 Å². The molecule has 2 unspecified atom stereocenters. The van der Waals surface area contributed by atoms with Crippen molar-refractivity contribution in [1.29, 1.82) is 0 Å². The van der Waals surface area contributed by atoms with Gasteiger partial charge >= 0.3 is 0 Å². The van der Waals surface area contributed by atoms with Crippen LogP contribution in [0.5, 0.6) is 0 Å². The van der Waals surface area contributed by atoms with E-state index in [1.807, 2.05) is 13.8 Å². The number of likely N-dealkylation sites (N-methyl/N-ethyl adjacent to an activating group) is 1. The second-order valence-corrected chi connectivity index (χ2v) is 13.5. The molecule has 7 nitrogen and oxygen atoms in total. The number of anilines is 1. The first kappa shape index (κ1) is 28.7. The molecule has 3 aliphatic heterocycles. The molecule has 1 aromatic rings. The van der Waals surface area contributed by atoms with Crippen LogP contribution in [0.2, 0.25) is 5.02 Å². The number of hydrogen-bond donors (Lipinski definition) is 1. The average molecular weight is 560 g/mol. The predicted molar refractivity (Wildman–Crippen MR) is 153 cm³/mol. The highest BCUT2D eigenvalue weighted by atomic mass is 35.5. The minimum atomic E-state index is -0.829. The standard InChI is InChI=1S/C29H38ClN3O4S/c1-7-15-31(6)25(35)22-23-26(36)33(21(17-34)18(3)4)24(29(23)14-13-28(22,5)38-29)27(37)32(16-8-2)20-11-9-19(30)10-12-20/h7-12,18,21-24,34H,1-2,13-17H2,3-6H3/t21-,22-,23-,24?,28+,29?/m0/s1. The maximum atomic E-state index is 14.6. The Kier molecular flexibility index (Phi) is 8.09. The van der Waals surface area contributed by atoms with E-state index in [0.717, 1.165) is 6.42 Å². The number of halogens is 1. The molecule has 3 fully saturated rings. The lowest BCUT2D eigenvalue weighted by atomic mass is 9.66. The van der Waals surface area contributed by atoms with Gasteiger partial charge in [0.2, 0.25) is 11.8 Å². The molecule has 0 aliphatic carbocycles. The summed E-state index contributed by atoms with van der Waals surface area (Å²) in [6.45, 7) is 13.9. The molecule has 4 rings (SSSR count). The lowest BCUT2D eigenvalue weighted by Crippen LogP contribution is -2.58. The summed E-state index contributed by atoms with van der Waals surface area (Å²) in [5.41, 5.74) is 0.652. The van der Waals surface area contributed by atoms with E-state index in [4.69, 9.17) is 11.6 Å². The number of likely N-dealkylation sites (tertiary alicyclic amines) is 1. The van der Waals surface area contributed by atoms with Gasteiger partial charge in [0.05, 0.1) is 29.2 Å². The molecule has 6 atom stereocenters. The number of aliphatic hydroxyl groups is 1. The van der Waals surface area contributed by atoms with Gasteiger partial charge in [-0.25, -0.2) is 0 Å².